The Morgan fingerprint density at radius 3 is 1.88 bits per heavy atom. The zero-order chi connectivity index (χ0) is 13.6. The molecule has 0 bridgehead atoms. The summed E-state index contributed by atoms with van der Waals surface area (Å²) >= 11 is 0. The third-order valence-corrected chi connectivity index (χ3v) is 3.25. The largest absolute Gasteiger partial charge is 0.332 e. The molecule has 1 aliphatic heterocycles. The molecule has 17 heavy (non-hydrogen) atoms. The molecule has 1 heterocycles. The van der Waals surface area contributed by atoms with E-state index in [4.69, 9.17) is 0 Å². The van der Waals surface area contributed by atoms with Crippen LogP contribution in [0.15, 0.2) is 0 Å². The second-order valence-corrected chi connectivity index (χ2v) is 6.99. The van der Waals surface area contributed by atoms with Crippen LogP contribution in [0.1, 0.15) is 48.5 Å². The van der Waals surface area contributed by atoms with Crippen molar-refractivity contribution in [2.24, 2.45) is 10.8 Å². The molecule has 0 radical (unpaired) electrons. The topological polar surface area (TPSA) is 49.4 Å². The predicted octanol–water partition coefficient (Wildman–Crippen LogP) is 2.39. The van der Waals surface area contributed by atoms with Crippen molar-refractivity contribution < 1.29 is 9.59 Å². The maximum Gasteiger partial charge on any atom is 0.324 e. The summed E-state index contributed by atoms with van der Waals surface area (Å²) in [5.74, 6) is -0.186. The highest BCUT2D eigenvalue weighted by Gasteiger charge is 2.51. The highest BCUT2D eigenvalue weighted by molar-refractivity contribution is 5.95. The zero-order valence-corrected chi connectivity index (χ0v) is 11.9. The normalized spacial score (nSPS) is 26.1. The molecule has 0 unspecified atom stereocenters. The fraction of sp³-hybridized carbons (Fsp3) is 0.846. The Morgan fingerprint density at radius 1 is 1.12 bits per heavy atom. The molecule has 0 saturated carbocycles. The number of carbonyl (C=O) groups excluding carboxylic acids is 2. The lowest BCUT2D eigenvalue weighted by Crippen LogP contribution is -2.52. The Labute approximate surface area is 104 Å². The SMILES string of the molecule is CC(=O)N1C(=O)N[C@@H](C(C)(C)C)[C@@H]1C(C)(C)C. The van der Waals surface area contributed by atoms with Crippen LogP contribution in [0.4, 0.5) is 4.79 Å². The van der Waals surface area contributed by atoms with Gasteiger partial charge >= 0.3 is 6.03 Å². The van der Waals surface area contributed by atoms with E-state index in [1.54, 1.807) is 0 Å². The van der Waals surface area contributed by atoms with E-state index in [1.165, 1.54) is 11.8 Å². The molecular weight excluding hydrogens is 216 g/mol. The Hall–Kier alpha value is -1.06. The maximum atomic E-state index is 11.9. The van der Waals surface area contributed by atoms with Crippen LogP contribution in [0.5, 0.6) is 0 Å². The van der Waals surface area contributed by atoms with Gasteiger partial charge in [-0.25, -0.2) is 4.79 Å². The van der Waals surface area contributed by atoms with Gasteiger partial charge in [0, 0.05) is 6.92 Å². The fourth-order valence-electron chi connectivity index (χ4n) is 2.47. The highest BCUT2D eigenvalue weighted by atomic mass is 16.2. The van der Waals surface area contributed by atoms with E-state index < -0.39 is 0 Å². The minimum Gasteiger partial charge on any atom is -0.332 e. The number of carbonyl (C=O) groups is 2. The summed E-state index contributed by atoms with van der Waals surface area (Å²) < 4.78 is 0. The molecule has 0 aromatic heterocycles. The number of nitrogens with zero attached hydrogens (tertiary/aromatic N) is 1. The second kappa shape index (κ2) is 4.00. The van der Waals surface area contributed by atoms with Crippen LogP contribution in [0, 0.1) is 10.8 Å². The van der Waals surface area contributed by atoms with E-state index in [2.05, 4.69) is 46.9 Å². The van der Waals surface area contributed by atoms with Crippen molar-refractivity contribution in [3.05, 3.63) is 0 Å². The molecule has 1 N–H and O–H groups in total. The number of imide groups is 1. The fourth-order valence-corrected chi connectivity index (χ4v) is 2.47. The lowest BCUT2D eigenvalue weighted by molar-refractivity contribution is -0.129. The van der Waals surface area contributed by atoms with Gasteiger partial charge in [0.15, 0.2) is 0 Å². The summed E-state index contributed by atoms with van der Waals surface area (Å²) in [5, 5.41) is 2.95. The quantitative estimate of drug-likeness (QED) is 0.706. The molecule has 1 saturated heterocycles. The van der Waals surface area contributed by atoms with Gasteiger partial charge < -0.3 is 5.32 Å². The molecule has 0 aromatic rings. The molecule has 1 fully saturated rings. The molecule has 98 valence electrons. The summed E-state index contributed by atoms with van der Waals surface area (Å²) in [6.07, 6.45) is 0. The van der Waals surface area contributed by atoms with Crippen LogP contribution in [0.2, 0.25) is 0 Å². The summed E-state index contributed by atoms with van der Waals surface area (Å²) in [6.45, 7) is 13.9. The van der Waals surface area contributed by atoms with Crippen molar-refractivity contribution >= 4 is 11.9 Å². The van der Waals surface area contributed by atoms with Gasteiger partial charge in [0.1, 0.15) is 0 Å². The molecule has 0 aliphatic carbocycles. The zero-order valence-electron chi connectivity index (χ0n) is 11.9. The Balaban J connectivity index is 3.20. The average molecular weight is 240 g/mol. The number of hydrogen-bond donors (Lipinski definition) is 1. The summed E-state index contributed by atoms with van der Waals surface area (Å²) in [4.78, 5) is 24.9. The predicted molar refractivity (Wildman–Crippen MR) is 67.5 cm³/mol. The third-order valence-electron chi connectivity index (χ3n) is 3.25. The first-order valence-electron chi connectivity index (χ1n) is 6.06. The van der Waals surface area contributed by atoms with Crippen LogP contribution in [-0.2, 0) is 4.79 Å². The smallest absolute Gasteiger partial charge is 0.324 e. The molecule has 4 nitrogen and oxygen atoms in total. The van der Waals surface area contributed by atoms with Gasteiger partial charge in [-0.3, -0.25) is 9.69 Å². The van der Waals surface area contributed by atoms with Crippen molar-refractivity contribution in [2.75, 3.05) is 0 Å². The monoisotopic (exact) mass is 240 g/mol. The molecule has 0 aromatic carbocycles. The number of hydrogen-bond acceptors (Lipinski definition) is 2. The molecule has 3 amide bonds. The standard InChI is InChI=1S/C13H24N2O2/c1-8(16)15-10(13(5,6)7)9(12(2,3)4)14-11(15)17/h9-10H,1-7H3,(H,14,17)/t9-,10-/m1/s1. The van der Waals surface area contributed by atoms with Crippen molar-refractivity contribution in [1.29, 1.82) is 0 Å². The Kier molecular flexibility index (Phi) is 3.29. The van der Waals surface area contributed by atoms with Crippen LogP contribution >= 0.6 is 0 Å². The Bertz CT molecular complexity index is 336. The third kappa shape index (κ3) is 2.61. The van der Waals surface area contributed by atoms with Crippen molar-refractivity contribution in [3.8, 4) is 0 Å². The first kappa shape index (κ1) is 14.0. The molecular formula is C13H24N2O2. The maximum absolute atomic E-state index is 11.9. The van der Waals surface area contributed by atoms with E-state index in [0.717, 1.165) is 0 Å². The summed E-state index contributed by atoms with van der Waals surface area (Å²) in [7, 11) is 0. The lowest BCUT2D eigenvalue weighted by Gasteiger charge is -2.40. The van der Waals surface area contributed by atoms with Gasteiger partial charge in [0.2, 0.25) is 5.91 Å². The molecule has 4 heteroatoms. The van der Waals surface area contributed by atoms with Gasteiger partial charge in [0.25, 0.3) is 0 Å². The van der Waals surface area contributed by atoms with Gasteiger partial charge in [-0.1, -0.05) is 41.5 Å². The van der Waals surface area contributed by atoms with Crippen LogP contribution in [0.25, 0.3) is 0 Å². The highest BCUT2D eigenvalue weighted by Crippen LogP contribution is 2.38. The summed E-state index contributed by atoms with van der Waals surface area (Å²) in [6, 6.07) is -0.385. The molecule has 2 atom stereocenters. The lowest BCUT2D eigenvalue weighted by atomic mass is 9.73. The van der Waals surface area contributed by atoms with E-state index >= 15 is 0 Å². The molecule has 1 aliphatic rings. The van der Waals surface area contributed by atoms with Crippen LogP contribution in [0.3, 0.4) is 0 Å². The average Bonchev–Trinajstić information content (AvgIpc) is 2.40. The number of rotatable bonds is 0. The van der Waals surface area contributed by atoms with E-state index in [-0.39, 0.29) is 34.9 Å². The van der Waals surface area contributed by atoms with Gasteiger partial charge in [-0.15, -0.1) is 0 Å². The van der Waals surface area contributed by atoms with Gasteiger partial charge in [0.05, 0.1) is 12.1 Å². The first-order valence-corrected chi connectivity index (χ1v) is 6.06. The number of nitrogens with one attached hydrogen (secondary N) is 1. The van der Waals surface area contributed by atoms with Crippen LogP contribution in [-0.4, -0.2) is 28.9 Å². The Morgan fingerprint density at radius 2 is 1.59 bits per heavy atom. The number of amides is 3. The van der Waals surface area contributed by atoms with E-state index in [0.29, 0.717) is 0 Å². The summed E-state index contributed by atoms with van der Waals surface area (Å²) in [5.41, 5.74) is -0.208. The van der Waals surface area contributed by atoms with Crippen LogP contribution < -0.4 is 5.32 Å². The molecule has 1 rings (SSSR count). The first-order chi connectivity index (χ1) is 7.46. The number of urea groups is 1. The van der Waals surface area contributed by atoms with Crippen molar-refractivity contribution in [3.63, 3.8) is 0 Å². The van der Waals surface area contributed by atoms with E-state index in [1.807, 2.05) is 0 Å². The minimum absolute atomic E-state index is 0.0149. The van der Waals surface area contributed by atoms with E-state index in [9.17, 15) is 9.59 Å². The van der Waals surface area contributed by atoms with Crippen molar-refractivity contribution in [1.82, 2.24) is 10.2 Å². The van der Waals surface area contributed by atoms with Gasteiger partial charge in [-0.2, -0.15) is 0 Å². The second-order valence-electron chi connectivity index (χ2n) is 6.99. The van der Waals surface area contributed by atoms with Crippen molar-refractivity contribution in [2.45, 2.75) is 60.5 Å². The molecule has 0 spiro atoms. The minimum atomic E-state index is -0.266. The van der Waals surface area contributed by atoms with Gasteiger partial charge in [-0.05, 0) is 10.8 Å².